The van der Waals surface area contributed by atoms with E-state index in [2.05, 4.69) is 114 Å². The second-order valence-electron chi connectivity index (χ2n) is 12.5. The van der Waals surface area contributed by atoms with Gasteiger partial charge in [0.2, 0.25) is 0 Å². The fraction of sp³-hybridized carbons (Fsp3) is 0. The van der Waals surface area contributed by atoms with Crippen molar-refractivity contribution in [1.82, 2.24) is 14.5 Å². The summed E-state index contributed by atoms with van der Waals surface area (Å²) in [6, 6.07) is 52.4. The lowest BCUT2D eigenvalue weighted by molar-refractivity contribution is 0.669. The topological polar surface area (TPSA) is 57.0 Å². The molecule has 0 saturated carbocycles. The van der Waals surface area contributed by atoms with Gasteiger partial charge in [0.25, 0.3) is 0 Å². The summed E-state index contributed by atoms with van der Waals surface area (Å²) in [5.74, 6) is 0.666. The average Bonchev–Trinajstić information content (AvgIpc) is 3.84. The van der Waals surface area contributed by atoms with Crippen LogP contribution in [0, 0.1) is 0 Å². The number of furan rings is 2. The molecular formula is C44H25N3O2. The third kappa shape index (κ3) is 3.75. The highest BCUT2D eigenvalue weighted by Gasteiger charge is 2.20. The van der Waals surface area contributed by atoms with E-state index in [4.69, 9.17) is 18.8 Å². The van der Waals surface area contributed by atoms with Crippen LogP contribution in [0.15, 0.2) is 160 Å². The van der Waals surface area contributed by atoms with E-state index in [0.717, 1.165) is 88.3 Å². The molecule has 11 rings (SSSR count). The molecule has 0 amide bonds. The highest BCUT2D eigenvalue weighted by molar-refractivity contribution is 6.24. The molecule has 5 heteroatoms. The van der Waals surface area contributed by atoms with Gasteiger partial charge in [-0.05, 0) is 66.7 Å². The lowest BCUT2D eigenvalue weighted by Crippen LogP contribution is -1.97. The first-order chi connectivity index (χ1) is 24.3. The zero-order valence-corrected chi connectivity index (χ0v) is 26.1. The van der Waals surface area contributed by atoms with E-state index in [1.807, 2.05) is 42.5 Å². The molecule has 0 atom stereocenters. The van der Waals surface area contributed by atoms with Crippen LogP contribution < -0.4 is 0 Å². The molecule has 0 N–H and O–H groups in total. The summed E-state index contributed by atoms with van der Waals surface area (Å²) < 4.78 is 15.1. The van der Waals surface area contributed by atoms with Gasteiger partial charge in [0.1, 0.15) is 22.3 Å². The zero-order valence-electron chi connectivity index (χ0n) is 26.1. The third-order valence-corrected chi connectivity index (χ3v) is 9.82. The van der Waals surface area contributed by atoms with E-state index in [-0.39, 0.29) is 0 Å². The minimum absolute atomic E-state index is 0.666. The van der Waals surface area contributed by atoms with E-state index in [0.29, 0.717) is 5.82 Å². The van der Waals surface area contributed by atoms with Gasteiger partial charge in [-0.15, -0.1) is 0 Å². The molecule has 0 aliphatic carbocycles. The maximum atomic E-state index is 6.44. The van der Waals surface area contributed by atoms with Crippen molar-refractivity contribution in [3.63, 3.8) is 0 Å². The Kier molecular flexibility index (Phi) is 5.32. The SMILES string of the molecule is c1ccc2c(-c3cccc4c3oc3ccccc34)nc(-c3ccc(-n4c5ccccc5c5ccc6oc7ccccc7c6c54)cc3)nc2c1. The third-order valence-electron chi connectivity index (χ3n) is 9.82. The van der Waals surface area contributed by atoms with Gasteiger partial charge >= 0.3 is 0 Å². The quantitative estimate of drug-likeness (QED) is 0.196. The molecular weight excluding hydrogens is 603 g/mol. The lowest BCUT2D eigenvalue weighted by atomic mass is 10.0. The second-order valence-corrected chi connectivity index (χ2v) is 12.5. The van der Waals surface area contributed by atoms with Crippen LogP contribution in [0.25, 0.3) is 105 Å². The molecule has 0 unspecified atom stereocenters. The zero-order chi connectivity index (χ0) is 32.1. The van der Waals surface area contributed by atoms with Crippen LogP contribution in [-0.4, -0.2) is 14.5 Å². The van der Waals surface area contributed by atoms with Crippen LogP contribution in [0.1, 0.15) is 0 Å². The smallest absolute Gasteiger partial charge is 0.160 e. The molecule has 7 aromatic carbocycles. The molecule has 0 aliphatic rings. The Bertz CT molecular complexity index is 3110. The Morgan fingerprint density at radius 2 is 1.14 bits per heavy atom. The monoisotopic (exact) mass is 627 g/mol. The van der Waals surface area contributed by atoms with E-state index >= 15 is 0 Å². The van der Waals surface area contributed by atoms with Crippen molar-refractivity contribution in [3.05, 3.63) is 152 Å². The Morgan fingerprint density at radius 1 is 0.449 bits per heavy atom. The standard InChI is InChI=1S/C44H25N3O2/c1-5-16-35-32(12-1)41(34-15-9-14-31-29-11-3-7-18-37(29)49-43(31)34)46-44(45-35)26-20-22-27(23-21-26)47-36-17-6-2-10-28(36)30-24-25-39-40(42(30)47)33-13-4-8-19-38(33)48-39/h1-25H. The number of para-hydroxylation sites is 5. The number of fused-ring (bicyclic) bond motifs is 11. The molecule has 0 bridgehead atoms. The molecule has 0 saturated heterocycles. The summed E-state index contributed by atoms with van der Waals surface area (Å²) >= 11 is 0. The van der Waals surface area contributed by atoms with Crippen LogP contribution in [-0.2, 0) is 0 Å². The van der Waals surface area contributed by atoms with Crippen LogP contribution in [0.2, 0.25) is 0 Å². The van der Waals surface area contributed by atoms with Crippen molar-refractivity contribution in [1.29, 1.82) is 0 Å². The fourth-order valence-corrected chi connectivity index (χ4v) is 7.64. The number of aromatic nitrogens is 3. The second kappa shape index (κ2) is 9.89. The Morgan fingerprint density at radius 3 is 2.00 bits per heavy atom. The molecule has 228 valence electrons. The first kappa shape index (κ1) is 26.4. The van der Waals surface area contributed by atoms with E-state index in [1.54, 1.807) is 0 Å². The Hall–Kier alpha value is -6.72. The molecule has 0 aliphatic heterocycles. The number of hydrogen-bond donors (Lipinski definition) is 0. The van der Waals surface area contributed by atoms with Crippen molar-refractivity contribution in [2.24, 2.45) is 0 Å². The Balaban J connectivity index is 1.12. The minimum atomic E-state index is 0.666. The summed E-state index contributed by atoms with van der Waals surface area (Å²) in [6.45, 7) is 0. The maximum absolute atomic E-state index is 6.44. The minimum Gasteiger partial charge on any atom is -0.456 e. The Labute approximate surface area is 279 Å². The highest BCUT2D eigenvalue weighted by atomic mass is 16.3. The van der Waals surface area contributed by atoms with Crippen molar-refractivity contribution in [2.75, 3.05) is 0 Å². The van der Waals surface area contributed by atoms with Crippen LogP contribution in [0.4, 0.5) is 0 Å². The van der Waals surface area contributed by atoms with Crippen LogP contribution in [0.3, 0.4) is 0 Å². The molecule has 5 nitrogen and oxygen atoms in total. The molecule has 0 radical (unpaired) electrons. The maximum Gasteiger partial charge on any atom is 0.160 e. The summed E-state index contributed by atoms with van der Waals surface area (Å²) in [4.78, 5) is 10.3. The van der Waals surface area contributed by atoms with Gasteiger partial charge in [-0.2, -0.15) is 0 Å². The van der Waals surface area contributed by atoms with Crippen molar-refractivity contribution in [3.8, 4) is 28.3 Å². The van der Waals surface area contributed by atoms with Gasteiger partial charge in [-0.3, -0.25) is 0 Å². The van der Waals surface area contributed by atoms with Gasteiger partial charge in [-0.1, -0.05) is 84.9 Å². The largest absolute Gasteiger partial charge is 0.456 e. The van der Waals surface area contributed by atoms with Gasteiger partial charge in [0.15, 0.2) is 5.82 Å². The predicted octanol–water partition coefficient (Wildman–Crippen LogP) is 11.9. The molecule has 0 fully saturated rings. The normalized spacial score (nSPS) is 12.1. The van der Waals surface area contributed by atoms with Crippen LogP contribution in [0.5, 0.6) is 0 Å². The molecule has 49 heavy (non-hydrogen) atoms. The van der Waals surface area contributed by atoms with Gasteiger partial charge in [0, 0.05) is 49.1 Å². The van der Waals surface area contributed by atoms with Crippen molar-refractivity contribution < 1.29 is 8.83 Å². The number of benzene rings is 7. The fourth-order valence-electron chi connectivity index (χ4n) is 7.64. The van der Waals surface area contributed by atoms with Gasteiger partial charge in [0.05, 0.1) is 27.6 Å². The molecule has 4 heterocycles. The average molecular weight is 628 g/mol. The molecule has 11 aromatic rings. The van der Waals surface area contributed by atoms with Crippen molar-refractivity contribution >= 4 is 76.6 Å². The van der Waals surface area contributed by atoms with Gasteiger partial charge < -0.3 is 13.4 Å². The summed E-state index contributed by atoms with van der Waals surface area (Å²) in [5, 5.41) is 7.79. The number of hydrogen-bond acceptors (Lipinski definition) is 4. The highest BCUT2D eigenvalue weighted by Crippen LogP contribution is 2.42. The van der Waals surface area contributed by atoms with E-state index in [1.165, 1.54) is 10.8 Å². The van der Waals surface area contributed by atoms with Crippen LogP contribution >= 0.6 is 0 Å². The van der Waals surface area contributed by atoms with Gasteiger partial charge in [-0.25, -0.2) is 9.97 Å². The first-order valence-corrected chi connectivity index (χ1v) is 16.4. The summed E-state index contributed by atoms with van der Waals surface area (Å²) in [5.41, 5.74) is 10.4. The van der Waals surface area contributed by atoms with Crippen molar-refractivity contribution in [2.45, 2.75) is 0 Å². The summed E-state index contributed by atoms with van der Waals surface area (Å²) in [7, 11) is 0. The molecule has 4 aromatic heterocycles. The first-order valence-electron chi connectivity index (χ1n) is 16.4. The lowest BCUT2D eigenvalue weighted by Gasteiger charge is -2.12. The number of rotatable bonds is 3. The predicted molar refractivity (Wildman–Crippen MR) is 199 cm³/mol. The molecule has 0 spiro atoms. The van der Waals surface area contributed by atoms with E-state index in [9.17, 15) is 0 Å². The number of nitrogens with zero attached hydrogens (tertiary/aromatic N) is 3. The summed E-state index contributed by atoms with van der Waals surface area (Å²) in [6.07, 6.45) is 0. The van der Waals surface area contributed by atoms with E-state index < -0.39 is 0 Å².